The van der Waals surface area contributed by atoms with Crippen LogP contribution in [0.25, 0.3) is 0 Å². The average Bonchev–Trinajstić information content (AvgIpc) is 2.72. The number of unbranched alkanes of at least 4 members (excludes halogenated alkanes) is 8. The molecule has 0 aliphatic rings. The molecule has 0 fully saturated rings. The summed E-state index contributed by atoms with van der Waals surface area (Å²) in [6, 6.07) is 0. The van der Waals surface area contributed by atoms with Gasteiger partial charge in [0.15, 0.2) is 11.5 Å². The van der Waals surface area contributed by atoms with Gasteiger partial charge in [-0.05, 0) is 50.5 Å². The third kappa shape index (κ3) is 8.48. The zero-order valence-corrected chi connectivity index (χ0v) is 19.6. The largest absolute Gasteiger partial charge is 0.504 e. The van der Waals surface area contributed by atoms with Gasteiger partial charge >= 0.3 is 0 Å². The Morgan fingerprint density at radius 2 is 0.966 bits per heavy atom. The Morgan fingerprint density at radius 3 is 1.48 bits per heavy atom. The summed E-state index contributed by atoms with van der Waals surface area (Å²) in [5.74, 6) is 0.594. The molecule has 1 rings (SSSR count). The van der Waals surface area contributed by atoms with Crippen molar-refractivity contribution in [1.82, 2.24) is 0 Å². The summed E-state index contributed by atoms with van der Waals surface area (Å²) in [5, 5.41) is 21.7. The van der Waals surface area contributed by atoms with E-state index in [1.807, 2.05) is 0 Å². The first-order valence-electron chi connectivity index (χ1n) is 12.3. The Morgan fingerprint density at radius 1 is 0.517 bits per heavy atom. The number of ether oxygens (including phenoxy) is 1. The van der Waals surface area contributed by atoms with Crippen molar-refractivity contribution in [2.24, 2.45) is 0 Å². The van der Waals surface area contributed by atoms with Crippen molar-refractivity contribution in [1.29, 1.82) is 0 Å². The summed E-state index contributed by atoms with van der Waals surface area (Å²) in [6.45, 7) is 9.42. The third-order valence-electron chi connectivity index (χ3n) is 5.81. The first-order chi connectivity index (χ1) is 14.1. The lowest BCUT2D eigenvalue weighted by molar-refractivity contribution is 0.280. The smallest absolute Gasteiger partial charge is 0.201 e. The Kier molecular flexibility index (Phi) is 13.7. The minimum absolute atomic E-state index is 0.0289. The summed E-state index contributed by atoms with van der Waals surface area (Å²) in [4.78, 5) is 0. The fourth-order valence-electron chi connectivity index (χ4n) is 4.03. The van der Waals surface area contributed by atoms with Gasteiger partial charge in [0.1, 0.15) is 0 Å². The van der Waals surface area contributed by atoms with E-state index in [4.69, 9.17) is 4.74 Å². The number of phenols is 2. The van der Waals surface area contributed by atoms with E-state index in [2.05, 4.69) is 27.7 Å². The van der Waals surface area contributed by atoms with Gasteiger partial charge in [-0.2, -0.15) is 0 Å². The van der Waals surface area contributed by atoms with Gasteiger partial charge in [-0.15, -0.1) is 0 Å². The maximum absolute atomic E-state index is 10.9. The average molecular weight is 407 g/mol. The first kappa shape index (κ1) is 25.7. The summed E-state index contributed by atoms with van der Waals surface area (Å²) >= 11 is 0. The van der Waals surface area contributed by atoms with Crippen LogP contribution in [-0.2, 0) is 19.3 Å². The lowest BCUT2D eigenvalue weighted by Gasteiger charge is -2.22. The van der Waals surface area contributed by atoms with Crippen molar-refractivity contribution in [2.75, 3.05) is 6.61 Å². The quantitative estimate of drug-likeness (QED) is 0.204. The minimum Gasteiger partial charge on any atom is -0.504 e. The second kappa shape index (κ2) is 15.5. The van der Waals surface area contributed by atoms with Crippen molar-refractivity contribution >= 4 is 0 Å². The number of phenolic OH excluding ortho intramolecular Hbond substituents is 2. The van der Waals surface area contributed by atoms with E-state index >= 15 is 0 Å². The molecule has 0 spiro atoms. The van der Waals surface area contributed by atoms with Gasteiger partial charge in [-0.25, -0.2) is 0 Å². The Bertz CT molecular complexity index is 566. The van der Waals surface area contributed by atoms with Crippen LogP contribution in [0.4, 0.5) is 0 Å². The van der Waals surface area contributed by atoms with Crippen LogP contribution in [0, 0.1) is 0 Å². The van der Waals surface area contributed by atoms with Crippen LogP contribution < -0.4 is 4.74 Å². The van der Waals surface area contributed by atoms with E-state index in [1.54, 1.807) is 0 Å². The molecule has 1 aromatic carbocycles. The van der Waals surface area contributed by atoms with Crippen molar-refractivity contribution in [2.45, 2.75) is 124 Å². The number of hydrogen-bond acceptors (Lipinski definition) is 3. The van der Waals surface area contributed by atoms with Crippen LogP contribution in [0.1, 0.15) is 121 Å². The maximum Gasteiger partial charge on any atom is 0.201 e. The van der Waals surface area contributed by atoms with Crippen LogP contribution in [0.2, 0.25) is 0 Å². The number of benzene rings is 1. The van der Waals surface area contributed by atoms with Gasteiger partial charge in [0.05, 0.1) is 6.61 Å². The highest BCUT2D eigenvalue weighted by Crippen LogP contribution is 2.46. The predicted molar refractivity (Wildman–Crippen MR) is 124 cm³/mol. The van der Waals surface area contributed by atoms with Crippen LogP contribution in [0.3, 0.4) is 0 Å². The van der Waals surface area contributed by atoms with Crippen molar-refractivity contribution in [3.05, 3.63) is 16.7 Å². The molecular weight excluding hydrogens is 360 g/mol. The molecule has 1 aromatic rings. The predicted octanol–water partition coefficient (Wildman–Crippen LogP) is 7.86. The van der Waals surface area contributed by atoms with Gasteiger partial charge in [0.25, 0.3) is 0 Å². The molecule has 0 aliphatic carbocycles. The van der Waals surface area contributed by atoms with Gasteiger partial charge < -0.3 is 14.9 Å². The molecule has 0 aromatic heterocycles. The van der Waals surface area contributed by atoms with Crippen LogP contribution in [0.15, 0.2) is 0 Å². The second-order valence-electron chi connectivity index (χ2n) is 8.39. The molecule has 0 amide bonds. The van der Waals surface area contributed by atoms with E-state index in [-0.39, 0.29) is 11.5 Å². The van der Waals surface area contributed by atoms with E-state index in [1.165, 1.54) is 31.2 Å². The fourth-order valence-corrected chi connectivity index (χ4v) is 4.03. The Balaban J connectivity index is 3.30. The monoisotopic (exact) mass is 406 g/mol. The highest BCUT2D eigenvalue weighted by atomic mass is 16.5. The molecule has 0 aliphatic heterocycles. The van der Waals surface area contributed by atoms with Crippen molar-refractivity contribution in [3.63, 3.8) is 0 Å². The fraction of sp³-hybridized carbons (Fsp3) is 0.769. The lowest BCUT2D eigenvalue weighted by atomic mass is 9.88. The highest BCUT2D eigenvalue weighted by molar-refractivity contribution is 5.62. The molecule has 0 radical (unpaired) electrons. The minimum atomic E-state index is -0.0289. The molecule has 29 heavy (non-hydrogen) atoms. The summed E-state index contributed by atoms with van der Waals surface area (Å²) < 4.78 is 6.10. The Hall–Kier alpha value is -1.38. The number of rotatable bonds is 17. The molecule has 0 bridgehead atoms. The molecule has 3 heteroatoms. The van der Waals surface area contributed by atoms with E-state index in [0.717, 1.165) is 81.8 Å². The summed E-state index contributed by atoms with van der Waals surface area (Å²) in [7, 11) is 0. The van der Waals surface area contributed by atoms with Crippen LogP contribution >= 0.6 is 0 Å². The molecular formula is C26H46O3. The highest BCUT2D eigenvalue weighted by Gasteiger charge is 2.24. The number of hydrogen-bond donors (Lipinski definition) is 2. The van der Waals surface area contributed by atoms with Gasteiger partial charge in [-0.3, -0.25) is 0 Å². The summed E-state index contributed by atoms with van der Waals surface area (Å²) in [5.41, 5.74) is 3.39. The number of aromatic hydroxyl groups is 2. The van der Waals surface area contributed by atoms with Crippen LogP contribution in [0.5, 0.6) is 17.2 Å². The zero-order chi connectivity index (χ0) is 21.5. The molecule has 0 saturated heterocycles. The van der Waals surface area contributed by atoms with Crippen LogP contribution in [-0.4, -0.2) is 16.8 Å². The van der Waals surface area contributed by atoms with E-state index in [0.29, 0.717) is 12.4 Å². The maximum atomic E-state index is 10.9. The molecule has 0 unspecified atom stereocenters. The SMILES string of the molecule is CCCCCOc1c(O)c(O)c(CCCCC)c(CCCCC)c1CCCCC. The van der Waals surface area contributed by atoms with Crippen molar-refractivity contribution in [3.8, 4) is 17.2 Å². The topological polar surface area (TPSA) is 49.7 Å². The molecule has 3 nitrogen and oxygen atoms in total. The second-order valence-corrected chi connectivity index (χ2v) is 8.39. The van der Waals surface area contributed by atoms with E-state index < -0.39 is 0 Å². The summed E-state index contributed by atoms with van der Waals surface area (Å²) in [6.07, 6.45) is 16.3. The molecule has 0 heterocycles. The lowest BCUT2D eigenvalue weighted by Crippen LogP contribution is -2.08. The van der Waals surface area contributed by atoms with Gasteiger partial charge in [-0.1, -0.05) is 79.1 Å². The van der Waals surface area contributed by atoms with Gasteiger partial charge in [0.2, 0.25) is 5.75 Å². The zero-order valence-electron chi connectivity index (χ0n) is 19.6. The first-order valence-corrected chi connectivity index (χ1v) is 12.3. The van der Waals surface area contributed by atoms with E-state index in [9.17, 15) is 10.2 Å². The normalized spacial score (nSPS) is 11.2. The Labute approximate surface area is 179 Å². The van der Waals surface area contributed by atoms with Gasteiger partial charge in [0, 0.05) is 11.1 Å². The molecule has 2 N–H and O–H groups in total. The standard InChI is InChI=1S/C26H46O3/c1-5-9-13-17-21-22(18-14-10-6-2)24(27)25(28)26(29-20-16-12-8-4)23(21)19-15-11-7-3/h27-28H,5-20H2,1-4H3. The molecule has 168 valence electrons. The molecule has 0 atom stereocenters. The molecule has 0 saturated carbocycles. The third-order valence-corrected chi connectivity index (χ3v) is 5.81. The van der Waals surface area contributed by atoms with Crippen molar-refractivity contribution < 1.29 is 14.9 Å².